The van der Waals surface area contributed by atoms with Gasteiger partial charge in [-0.3, -0.25) is 10.2 Å². The fourth-order valence-electron chi connectivity index (χ4n) is 2.28. The quantitative estimate of drug-likeness (QED) is 0.440. The Morgan fingerprint density at radius 2 is 2.07 bits per heavy atom. The van der Waals surface area contributed by atoms with Gasteiger partial charge in [-0.15, -0.1) is 5.10 Å². The lowest BCUT2D eigenvalue weighted by Gasteiger charge is -2.11. The molecule has 0 saturated heterocycles. The first-order valence-electron chi connectivity index (χ1n) is 8.00. The average molecular weight is 392 g/mol. The summed E-state index contributed by atoms with van der Waals surface area (Å²) in [5, 5.41) is 13.6. The predicted molar refractivity (Wildman–Crippen MR) is 94.8 cm³/mol. The number of aromatic amines is 1. The van der Waals surface area contributed by atoms with E-state index in [4.69, 9.17) is 10.1 Å². The van der Waals surface area contributed by atoms with Gasteiger partial charge in [0.25, 0.3) is 5.56 Å². The molecular weight excluding hydrogens is 377 g/mol. The van der Waals surface area contributed by atoms with E-state index in [0.717, 1.165) is 10.1 Å². The predicted octanol–water partition coefficient (Wildman–Crippen LogP) is 2.24. The number of hydrogen-bond acceptors (Lipinski definition) is 6. The minimum Gasteiger partial charge on any atom is -0.473 e. The smallest absolute Gasteiger partial charge is 0.432 e. The summed E-state index contributed by atoms with van der Waals surface area (Å²) in [6.07, 6.45) is -4.27. The SMILES string of the molecule is CN/C(=C\C(=N)C(F)(F)F)OCc1cc(=O)n2nc(-c3ccccc3)nc2[nH]1. The van der Waals surface area contributed by atoms with Gasteiger partial charge >= 0.3 is 6.18 Å². The number of aromatic nitrogens is 4. The first kappa shape index (κ1) is 19.1. The summed E-state index contributed by atoms with van der Waals surface area (Å²) in [7, 11) is 1.35. The molecule has 28 heavy (non-hydrogen) atoms. The van der Waals surface area contributed by atoms with Crippen LogP contribution in [0.4, 0.5) is 13.2 Å². The van der Waals surface area contributed by atoms with Crippen molar-refractivity contribution >= 4 is 11.5 Å². The van der Waals surface area contributed by atoms with Gasteiger partial charge in [-0.2, -0.15) is 22.7 Å². The summed E-state index contributed by atoms with van der Waals surface area (Å²) in [5.41, 5.74) is -1.03. The molecule has 146 valence electrons. The van der Waals surface area contributed by atoms with Crippen LogP contribution in [0.1, 0.15) is 5.69 Å². The van der Waals surface area contributed by atoms with Crippen LogP contribution in [0.2, 0.25) is 0 Å². The van der Waals surface area contributed by atoms with Gasteiger partial charge in [0.15, 0.2) is 11.7 Å². The lowest BCUT2D eigenvalue weighted by molar-refractivity contribution is -0.0586. The molecule has 8 nitrogen and oxygen atoms in total. The number of nitrogens with one attached hydrogen (secondary N) is 3. The Balaban J connectivity index is 1.83. The highest BCUT2D eigenvalue weighted by atomic mass is 19.4. The Morgan fingerprint density at radius 1 is 1.36 bits per heavy atom. The van der Waals surface area contributed by atoms with Crippen LogP contribution in [0.5, 0.6) is 0 Å². The molecule has 0 aliphatic heterocycles. The topological polar surface area (TPSA) is 108 Å². The molecule has 2 aromatic heterocycles. The van der Waals surface area contributed by atoms with E-state index in [1.165, 1.54) is 13.1 Å². The highest BCUT2D eigenvalue weighted by Crippen LogP contribution is 2.18. The lowest BCUT2D eigenvalue weighted by atomic mass is 10.2. The maximum atomic E-state index is 12.5. The third kappa shape index (κ3) is 4.19. The molecule has 0 amide bonds. The van der Waals surface area contributed by atoms with E-state index >= 15 is 0 Å². The van der Waals surface area contributed by atoms with Gasteiger partial charge in [-0.1, -0.05) is 30.3 Å². The van der Waals surface area contributed by atoms with Crippen molar-refractivity contribution in [2.24, 2.45) is 0 Å². The van der Waals surface area contributed by atoms with Gasteiger partial charge < -0.3 is 15.0 Å². The number of H-pyrrole nitrogens is 1. The molecule has 0 bridgehead atoms. The fraction of sp³-hybridized carbons (Fsp3) is 0.176. The van der Waals surface area contributed by atoms with Gasteiger partial charge in [0.1, 0.15) is 12.3 Å². The minimum absolute atomic E-state index is 0.169. The maximum absolute atomic E-state index is 12.5. The van der Waals surface area contributed by atoms with Crippen LogP contribution in [0.15, 0.2) is 53.2 Å². The molecule has 0 aliphatic carbocycles. The van der Waals surface area contributed by atoms with Crippen molar-refractivity contribution in [3.05, 3.63) is 64.4 Å². The zero-order valence-electron chi connectivity index (χ0n) is 14.5. The summed E-state index contributed by atoms with van der Waals surface area (Å²) >= 11 is 0. The van der Waals surface area contributed by atoms with Crippen molar-refractivity contribution in [3.8, 4) is 11.4 Å². The Hall–Kier alpha value is -3.63. The zero-order valence-corrected chi connectivity index (χ0v) is 14.5. The molecule has 0 aliphatic rings. The number of fused-ring (bicyclic) bond motifs is 1. The maximum Gasteiger partial charge on any atom is 0.432 e. The monoisotopic (exact) mass is 392 g/mol. The minimum atomic E-state index is -4.78. The third-order valence-electron chi connectivity index (χ3n) is 3.63. The molecule has 3 N–H and O–H groups in total. The van der Waals surface area contributed by atoms with Crippen molar-refractivity contribution < 1.29 is 17.9 Å². The summed E-state index contributed by atoms with van der Waals surface area (Å²) in [5.74, 6) is 0.249. The molecule has 2 heterocycles. The van der Waals surface area contributed by atoms with E-state index in [2.05, 4.69) is 20.4 Å². The van der Waals surface area contributed by atoms with Crippen LogP contribution in [0, 0.1) is 5.41 Å². The molecule has 0 unspecified atom stereocenters. The van der Waals surface area contributed by atoms with Gasteiger partial charge in [-0.25, -0.2) is 0 Å². The Labute approximate surface area is 156 Å². The third-order valence-corrected chi connectivity index (χ3v) is 3.63. The summed E-state index contributed by atoms with van der Waals surface area (Å²) < 4.78 is 43.7. The summed E-state index contributed by atoms with van der Waals surface area (Å²) in [6.45, 7) is -0.239. The van der Waals surface area contributed by atoms with Crippen LogP contribution in [-0.4, -0.2) is 38.5 Å². The molecule has 3 rings (SSSR count). The molecule has 0 atom stereocenters. The largest absolute Gasteiger partial charge is 0.473 e. The summed E-state index contributed by atoms with van der Waals surface area (Å²) in [4.78, 5) is 19.4. The number of rotatable bonds is 6. The van der Waals surface area contributed by atoms with E-state index in [0.29, 0.717) is 11.9 Å². The first-order chi connectivity index (χ1) is 13.3. The van der Waals surface area contributed by atoms with Gasteiger partial charge in [0.05, 0.1) is 5.69 Å². The second-order valence-electron chi connectivity index (χ2n) is 5.63. The average Bonchev–Trinajstić information content (AvgIpc) is 3.09. The van der Waals surface area contributed by atoms with Gasteiger partial charge in [-0.05, 0) is 0 Å². The Bertz CT molecular complexity index is 1090. The fourth-order valence-corrected chi connectivity index (χ4v) is 2.28. The number of halogens is 3. The number of alkyl halides is 3. The van der Waals surface area contributed by atoms with E-state index in [1.807, 2.05) is 18.2 Å². The standard InChI is InChI=1S/C17H15F3N6O2/c1-22-13(8-12(21)17(18,19)20)28-9-11-7-14(27)26-16(23-11)24-15(25-26)10-5-3-2-4-6-10/h2-8,21-22H,9H2,1H3,(H,23,24,25)/b13-8+,21-12?. The number of benzene rings is 1. The molecule has 1 aromatic carbocycles. The highest BCUT2D eigenvalue weighted by Gasteiger charge is 2.33. The van der Waals surface area contributed by atoms with Crippen molar-refractivity contribution in [2.45, 2.75) is 12.8 Å². The van der Waals surface area contributed by atoms with Crippen molar-refractivity contribution in [2.75, 3.05) is 7.05 Å². The zero-order chi connectivity index (χ0) is 20.3. The van der Waals surface area contributed by atoms with Gasteiger partial charge in [0.2, 0.25) is 5.78 Å². The molecular formula is C17H15F3N6O2. The molecule has 0 fully saturated rings. The summed E-state index contributed by atoms with van der Waals surface area (Å²) in [6, 6.07) is 10.3. The van der Waals surface area contributed by atoms with Crippen LogP contribution in [0.3, 0.4) is 0 Å². The second-order valence-corrected chi connectivity index (χ2v) is 5.63. The second kappa shape index (κ2) is 7.55. The molecule has 0 spiro atoms. The number of nitrogens with zero attached hydrogens (tertiary/aromatic N) is 3. The van der Waals surface area contributed by atoms with E-state index in [1.54, 1.807) is 12.1 Å². The van der Waals surface area contributed by atoms with E-state index < -0.39 is 17.4 Å². The normalized spacial score (nSPS) is 12.2. The van der Waals surface area contributed by atoms with Gasteiger partial charge in [0, 0.05) is 24.8 Å². The van der Waals surface area contributed by atoms with E-state index in [9.17, 15) is 18.0 Å². The van der Waals surface area contributed by atoms with E-state index in [-0.39, 0.29) is 24.0 Å². The number of allylic oxidation sites excluding steroid dienone is 1. The van der Waals surface area contributed by atoms with Crippen molar-refractivity contribution in [1.29, 1.82) is 5.41 Å². The molecule has 0 saturated carbocycles. The van der Waals surface area contributed by atoms with Crippen LogP contribution in [0.25, 0.3) is 17.2 Å². The van der Waals surface area contributed by atoms with Crippen LogP contribution >= 0.6 is 0 Å². The van der Waals surface area contributed by atoms with Crippen molar-refractivity contribution in [3.63, 3.8) is 0 Å². The van der Waals surface area contributed by atoms with Crippen molar-refractivity contribution in [1.82, 2.24) is 24.9 Å². The van der Waals surface area contributed by atoms with Crippen LogP contribution in [-0.2, 0) is 11.3 Å². The molecule has 3 aromatic rings. The first-order valence-corrected chi connectivity index (χ1v) is 8.00. The Kier molecular flexibility index (Phi) is 5.16. The Morgan fingerprint density at radius 3 is 2.71 bits per heavy atom. The molecule has 0 radical (unpaired) electrons. The molecule has 11 heteroatoms. The number of ether oxygens (including phenoxy) is 1. The van der Waals surface area contributed by atoms with Crippen LogP contribution < -0.4 is 10.9 Å². The lowest BCUT2D eigenvalue weighted by Crippen LogP contribution is -2.22. The highest BCUT2D eigenvalue weighted by molar-refractivity contribution is 5.97. The number of hydrogen-bond donors (Lipinski definition) is 3.